The second kappa shape index (κ2) is 10.8. The standard InChI is InChI=1S/C26H33N3O5/c1-18(2)34-22-8-5-20(6-9-22)23-16-28(19(3)30)11-12-29(23)17-26(31)27-21-7-10-24-25(15-21)33-14-4-13-32-24/h5-10,15,18,23H,4,11-14,16-17H2,1-3H3,(H,27,31). The molecule has 1 unspecified atom stereocenters. The second-order valence-electron chi connectivity index (χ2n) is 8.95. The van der Waals surface area contributed by atoms with Crippen molar-refractivity contribution in [2.24, 2.45) is 0 Å². The summed E-state index contributed by atoms with van der Waals surface area (Å²) in [5, 5.41) is 2.98. The minimum absolute atomic E-state index is 0.0426. The Morgan fingerprint density at radius 3 is 2.50 bits per heavy atom. The van der Waals surface area contributed by atoms with Crippen molar-refractivity contribution in [1.82, 2.24) is 9.80 Å². The van der Waals surface area contributed by atoms with Crippen molar-refractivity contribution in [1.29, 1.82) is 0 Å². The van der Waals surface area contributed by atoms with Crippen molar-refractivity contribution >= 4 is 17.5 Å². The van der Waals surface area contributed by atoms with Crippen molar-refractivity contribution in [2.45, 2.75) is 39.3 Å². The summed E-state index contributed by atoms with van der Waals surface area (Å²) in [5.41, 5.74) is 1.72. The first-order valence-electron chi connectivity index (χ1n) is 11.8. The van der Waals surface area contributed by atoms with Crippen LogP contribution < -0.4 is 19.5 Å². The number of amides is 2. The van der Waals surface area contributed by atoms with E-state index in [1.165, 1.54) is 0 Å². The molecule has 1 saturated heterocycles. The van der Waals surface area contributed by atoms with Gasteiger partial charge in [-0.1, -0.05) is 12.1 Å². The smallest absolute Gasteiger partial charge is 0.238 e. The maximum atomic E-state index is 13.0. The summed E-state index contributed by atoms with van der Waals surface area (Å²) in [5.74, 6) is 2.07. The van der Waals surface area contributed by atoms with Gasteiger partial charge in [-0.25, -0.2) is 0 Å². The average Bonchev–Trinajstić information content (AvgIpc) is 3.04. The number of carbonyl (C=O) groups is 2. The average molecular weight is 468 g/mol. The summed E-state index contributed by atoms with van der Waals surface area (Å²) >= 11 is 0. The third-order valence-corrected chi connectivity index (χ3v) is 5.95. The summed E-state index contributed by atoms with van der Waals surface area (Å²) in [6, 6.07) is 13.3. The molecule has 8 heteroatoms. The highest BCUT2D eigenvalue weighted by molar-refractivity contribution is 5.92. The van der Waals surface area contributed by atoms with Crippen LogP contribution in [-0.2, 0) is 9.59 Å². The van der Waals surface area contributed by atoms with Gasteiger partial charge in [0.15, 0.2) is 11.5 Å². The molecular formula is C26H33N3O5. The molecule has 2 heterocycles. The molecule has 2 aliphatic heterocycles. The Morgan fingerprint density at radius 2 is 1.79 bits per heavy atom. The van der Waals surface area contributed by atoms with Gasteiger partial charge in [0.05, 0.1) is 31.9 Å². The zero-order chi connectivity index (χ0) is 24.1. The second-order valence-corrected chi connectivity index (χ2v) is 8.95. The lowest BCUT2D eigenvalue weighted by molar-refractivity contribution is -0.132. The summed E-state index contributed by atoms with van der Waals surface area (Å²) in [6.45, 7) is 8.74. The predicted octanol–water partition coefficient (Wildman–Crippen LogP) is 3.48. The third kappa shape index (κ3) is 5.99. The van der Waals surface area contributed by atoms with E-state index in [1.54, 1.807) is 13.0 Å². The van der Waals surface area contributed by atoms with Gasteiger partial charge in [0.25, 0.3) is 0 Å². The maximum Gasteiger partial charge on any atom is 0.238 e. The molecule has 4 rings (SSSR count). The van der Waals surface area contributed by atoms with E-state index < -0.39 is 0 Å². The lowest BCUT2D eigenvalue weighted by atomic mass is 10.0. The van der Waals surface area contributed by atoms with Crippen LogP contribution in [0.4, 0.5) is 5.69 Å². The normalized spacial score (nSPS) is 18.4. The van der Waals surface area contributed by atoms with Crippen molar-refractivity contribution in [3.63, 3.8) is 0 Å². The molecule has 0 aromatic heterocycles. The highest BCUT2D eigenvalue weighted by atomic mass is 16.5. The number of ether oxygens (including phenoxy) is 3. The number of rotatable bonds is 6. The Hall–Kier alpha value is -3.26. The van der Waals surface area contributed by atoms with Gasteiger partial charge < -0.3 is 24.4 Å². The maximum absolute atomic E-state index is 13.0. The van der Waals surface area contributed by atoms with Crippen molar-refractivity contribution in [2.75, 3.05) is 44.7 Å². The van der Waals surface area contributed by atoms with E-state index in [1.807, 2.05) is 55.1 Å². The van der Waals surface area contributed by atoms with Crippen LogP contribution in [0.3, 0.4) is 0 Å². The minimum Gasteiger partial charge on any atom is -0.491 e. The minimum atomic E-state index is -0.115. The van der Waals surface area contributed by atoms with Crippen LogP contribution in [0, 0.1) is 0 Å². The van der Waals surface area contributed by atoms with Gasteiger partial charge in [-0.2, -0.15) is 0 Å². The van der Waals surface area contributed by atoms with Crippen molar-refractivity contribution in [3.8, 4) is 17.2 Å². The number of carbonyl (C=O) groups excluding carboxylic acids is 2. The van der Waals surface area contributed by atoms with Crippen molar-refractivity contribution < 1.29 is 23.8 Å². The van der Waals surface area contributed by atoms with Gasteiger partial charge in [0.2, 0.25) is 11.8 Å². The molecular weight excluding hydrogens is 434 g/mol. The molecule has 0 aliphatic carbocycles. The number of nitrogens with one attached hydrogen (secondary N) is 1. The first kappa shape index (κ1) is 23.9. The largest absolute Gasteiger partial charge is 0.491 e. The van der Waals surface area contributed by atoms with E-state index in [2.05, 4.69) is 10.2 Å². The number of hydrogen-bond donors (Lipinski definition) is 1. The zero-order valence-corrected chi connectivity index (χ0v) is 20.1. The highest BCUT2D eigenvalue weighted by Gasteiger charge is 2.30. The Labute approximate surface area is 200 Å². The Bertz CT molecular complexity index is 1010. The number of nitrogens with zero attached hydrogens (tertiary/aromatic N) is 2. The Morgan fingerprint density at radius 1 is 1.06 bits per heavy atom. The van der Waals surface area contributed by atoms with Crippen molar-refractivity contribution in [3.05, 3.63) is 48.0 Å². The van der Waals surface area contributed by atoms with E-state index in [0.29, 0.717) is 50.0 Å². The van der Waals surface area contributed by atoms with Crippen LogP contribution >= 0.6 is 0 Å². The molecule has 1 fully saturated rings. The monoisotopic (exact) mass is 467 g/mol. The van der Waals surface area contributed by atoms with Crippen LogP contribution in [0.1, 0.15) is 38.8 Å². The highest BCUT2D eigenvalue weighted by Crippen LogP contribution is 2.32. The molecule has 1 atom stereocenters. The number of benzene rings is 2. The third-order valence-electron chi connectivity index (χ3n) is 5.95. The van der Waals surface area contributed by atoms with Crippen LogP contribution in [0.5, 0.6) is 17.2 Å². The van der Waals surface area contributed by atoms with E-state index >= 15 is 0 Å². The molecule has 182 valence electrons. The molecule has 2 aromatic carbocycles. The van der Waals surface area contributed by atoms with Crippen LogP contribution in [0.25, 0.3) is 0 Å². The molecule has 0 bridgehead atoms. The van der Waals surface area contributed by atoms with Gasteiger partial charge in [0, 0.05) is 44.7 Å². The lowest BCUT2D eigenvalue weighted by Gasteiger charge is -2.41. The number of piperazine rings is 1. The predicted molar refractivity (Wildman–Crippen MR) is 129 cm³/mol. The van der Waals surface area contributed by atoms with Gasteiger partial charge in [-0.05, 0) is 43.7 Å². The fourth-order valence-corrected chi connectivity index (χ4v) is 4.28. The van der Waals surface area contributed by atoms with Crippen LogP contribution in [-0.4, -0.2) is 67.1 Å². The topological polar surface area (TPSA) is 80.3 Å². The van der Waals surface area contributed by atoms with Gasteiger partial charge in [-0.3, -0.25) is 14.5 Å². The summed E-state index contributed by atoms with van der Waals surface area (Å²) in [4.78, 5) is 29.0. The van der Waals surface area contributed by atoms with Gasteiger partial charge >= 0.3 is 0 Å². The molecule has 1 N–H and O–H groups in total. The van der Waals surface area contributed by atoms with Crippen LogP contribution in [0.2, 0.25) is 0 Å². The van der Waals surface area contributed by atoms with Crippen LogP contribution in [0.15, 0.2) is 42.5 Å². The quantitative estimate of drug-likeness (QED) is 0.701. The molecule has 0 spiro atoms. The Balaban J connectivity index is 1.45. The first-order valence-corrected chi connectivity index (χ1v) is 11.8. The zero-order valence-electron chi connectivity index (χ0n) is 20.1. The molecule has 2 aliphatic rings. The molecule has 2 amide bonds. The molecule has 0 radical (unpaired) electrons. The molecule has 8 nitrogen and oxygen atoms in total. The molecule has 2 aromatic rings. The first-order chi connectivity index (χ1) is 16.4. The lowest BCUT2D eigenvalue weighted by Crippen LogP contribution is -2.51. The van der Waals surface area contributed by atoms with E-state index in [0.717, 1.165) is 17.7 Å². The summed E-state index contributed by atoms with van der Waals surface area (Å²) in [6.07, 6.45) is 0.924. The fourth-order valence-electron chi connectivity index (χ4n) is 4.28. The summed E-state index contributed by atoms with van der Waals surface area (Å²) in [7, 11) is 0. The summed E-state index contributed by atoms with van der Waals surface area (Å²) < 4.78 is 17.2. The van der Waals surface area contributed by atoms with E-state index in [9.17, 15) is 9.59 Å². The number of fused-ring (bicyclic) bond motifs is 1. The van der Waals surface area contributed by atoms with Gasteiger partial charge in [0.1, 0.15) is 5.75 Å². The van der Waals surface area contributed by atoms with E-state index in [4.69, 9.17) is 14.2 Å². The number of anilines is 1. The number of hydrogen-bond acceptors (Lipinski definition) is 6. The molecule has 34 heavy (non-hydrogen) atoms. The van der Waals surface area contributed by atoms with Gasteiger partial charge in [-0.15, -0.1) is 0 Å². The molecule has 0 saturated carbocycles. The van der Waals surface area contributed by atoms with E-state index in [-0.39, 0.29) is 30.5 Å². The Kier molecular flexibility index (Phi) is 7.57. The fraction of sp³-hybridized carbons (Fsp3) is 0.462. The SMILES string of the molecule is CC(=O)N1CCN(CC(=O)Nc2ccc3c(c2)OCCCO3)C(c2ccc(OC(C)C)cc2)C1.